The summed E-state index contributed by atoms with van der Waals surface area (Å²) in [6.07, 6.45) is 4.40. The molecule has 0 heterocycles. The van der Waals surface area contributed by atoms with Crippen molar-refractivity contribution >= 4 is 15.7 Å². The van der Waals surface area contributed by atoms with Crippen LogP contribution in [0.5, 0.6) is 0 Å². The van der Waals surface area contributed by atoms with Crippen molar-refractivity contribution in [2.75, 3.05) is 18.4 Å². The van der Waals surface area contributed by atoms with Crippen LogP contribution < -0.4 is 10.0 Å². The van der Waals surface area contributed by atoms with Crippen molar-refractivity contribution in [1.29, 1.82) is 0 Å². The molecule has 1 fully saturated rings. The summed E-state index contributed by atoms with van der Waals surface area (Å²) < 4.78 is 27.2. The zero-order valence-electron chi connectivity index (χ0n) is 11.4. The summed E-state index contributed by atoms with van der Waals surface area (Å²) in [5, 5.41) is 3.16. The molecule has 1 aliphatic rings. The molecule has 2 rings (SSSR count). The van der Waals surface area contributed by atoms with Gasteiger partial charge >= 0.3 is 0 Å². The van der Waals surface area contributed by atoms with Gasteiger partial charge in [-0.05, 0) is 30.9 Å². The molecule has 0 aliphatic heterocycles. The Bertz CT molecular complexity index is 510. The normalized spacial score (nSPS) is 15.4. The summed E-state index contributed by atoms with van der Waals surface area (Å²) in [7, 11) is -3.40. The molecule has 1 aliphatic carbocycles. The van der Waals surface area contributed by atoms with Crippen molar-refractivity contribution in [1.82, 2.24) is 4.72 Å². The Balaban J connectivity index is 2.04. The predicted molar refractivity (Wildman–Crippen MR) is 77.8 cm³/mol. The molecule has 0 spiro atoms. The summed E-state index contributed by atoms with van der Waals surface area (Å²) in [4.78, 5) is 0.347. The van der Waals surface area contributed by atoms with Crippen molar-refractivity contribution in [2.24, 2.45) is 5.92 Å². The van der Waals surface area contributed by atoms with E-state index in [0.717, 1.165) is 25.3 Å². The Labute approximate surface area is 115 Å². The molecule has 0 atom stereocenters. The molecule has 0 bridgehead atoms. The maximum atomic E-state index is 12.3. The fraction of sp³-hybridized carbons (Fsp3) is 0.571. The minimum absolute atomic E-state index is 0.347. The van der Waals surface area contributed by atoms with E-state index in [9.17, 15) is 8.42 Å². The van der Waals surface area contributed by atoms with Crippen LogP contribution in [0, 0.1) is 5.92 Å². The van der Waals surface area contributed by atoms with Crippen LogP contribution in [0.25, 0.3) is 0 Å². The highest BCUT2D eigenvalue weighted by Crippen LogP contribution is 2.32. The highest BCUT2D eigenvalue weighted by molar-refractivity contribution is 7.89. The van der Waals surface area contributed by atoms with Crippen LogP contribution in [0.4, 0.5) is 5.69 Å². The summed E-state index contributed by atoms with van der Waals surface area (Å²) in [6.45, 7) is 3.36. The van der Waals surface area contributed by atoms with Crippen LogP contribution in [0.15, 0.2) is 29.2 Å². The highest BCUT2D eigenvalue weighted by atomic mass is 32.2. The lowest BCUT2D eigenvalue weighted by Gasteiger charge is -2.12. The van der Waals surface area contributed by atoms with Crippen molar-refractivity contribution in [3.05, 3.63) is 24.3 Å². The van der Waals surface area contributed by atoms with Crippen LogP contribution in [0.1, 0.15) is 32.6 Å². The molecule has 0 radical (unpaired) electrons. The summed E-state index contributed by atoms with van der Waals surface area (Å²) >= 11 is 0. The molecule has 19 heavy (non-hydrogen) atoms. The zero-order valence-corrected chi connectivity index (χ0v) is 12.2. The lowest BCUT2D eigenvalue weighted by molar-refractivity contribution is 0.575. The number of hydrogen-bond donors (Lipinski definition) is 2. The fourth-order valence-corrected chi connectivity index (χ4v) is 3.22. The van der Waals surface area contributed by atoms with Gasteiger partial charge in [0.25, 0.3) is 0 Å². The van der Waals surface area contributed by atoms with Gasteiger partial charge in [0.15, 0.2) is 0 Å². The summed E-state index contributed by atoms with van der Waals surface area (Å²) in [6, 6.07) is 7.07. The van der Waals surface area contributed by atoms with Crippen molar-refractivity contribution in [3.63, 3.8) is 0 Å². The number of benzene rings is 1. The Kier molecular flexibility index (Phi) is 4.82. The van der Waals surface area contributed by atoms with Gasteiger partial charge in [-0.1, -0.05) is 31.9 Å². The van der Waals surface area contributed by atoms with Crippen LogP contribution in [-0.4, -0.2) is 21.5 Å². The first-order valence-electron chi connectivity index (χ1n) is 6.96. The van der Waals surface area contributed by atoms with Gasteiger partial charge in [0.2, 0.25) is 10.0 Å². The summed E-state index contributed by atoms with van der Waals surface area (Å²) in [5.41, 5.74) is 0.684. The van der Waals surface area contributed by atoms with Crippen molar-refractivity contribution in [3.8, 4) is 0 Å². The van der Waals surface area contributed by atoms with Gasteiger partial charge in [-0.25, -0.2) is 13.1 Å². The Hall–Kier alpha value is -1.07. The molecule has 1 aromatic rings. The number of rotatable bonds is 8. The first-order valence-corrected chi connectivity index (χ1v) is 8.44. The second-order valence-electron chi connectivity index (χ2n) is 5.05. The van der Waals surface area contributed by atoms with Gasteiger partial charge in [0.1, 0.15) is 4.90 Å². The number of sulfonamides is 1. The standard InChI is InChI=1S/C14H22N2O2S/c1-2-10-15-13-5-3-4-6-14(13)19(17,18)16-11-9-12-7-8-12/h3-6,12,15-16H,2,7-11H2,1H3. The molecule has 1 saturated carbocycles. The highest BCUT2D eigenvalue weighted by Gasteiger charge is 2.23. The average Bonchev–Trinajstić information content (AvgIpc) is 3.20. The fourth-order valence-electron chi connectivity index (χ4n) is 1.99. The number of nitrogens with one attached hydrogen (secondary N) is 2. The zero-order chi connectivity index (χ0) is 13.7. The van der Waals surface area contributed by atoms with Crippen molar-refractivity contribution in [2.45, 2.75) is 37.5 Å². The van der Waals surface area contributed by atoms with E-state index in [1.54, 1.807) is 12.1 Å². The van der Waals surface area contributed by atoms with Crippen LogP contribution >= 0.6 is 0 Å². The third kappa shape index (κ3) is 4.21. The van der Waals surface area contributed by atoms with Gasteiger partial charge in [-0.3, -0.25) is 0 Å². The maximum absolute atomic E-state index is 12.3. The van der Waals surface area contributed by atoms with Crippen LogP contribution in [-0.2, 0) is 10.0 Å². The molecular weight excluding hydrogens is 260 g/mol. The molecular formula is C14H22N2O2S. The van der Waals surface area contributed by atoms with Gasteiger partial charge in [-0.2, -0.15) is 0 Å². The predicted octanol–water partition coefficient (Wildman–Crippen LogP) is 2.59. The average molecular weight is 282 g/mol. The molecule has 0 aromatic heterocycles. The van der Waals surface area contributed by atoms with Gasteiger partial charge in [0, 0.05) is 13.1 Å². The van der Waals surface area contributed by atoms with Gasteiger partial charge in [-0.15, -0.1) is 0 Å². The molecule has 1 aromatic carbocycles. The Morgan fingerprint density at radius 2 is 1.95 bits per heavy atom. The van der Waals surface area contributed by atoms with E-state index in [0.29, 0.717) is 17.1 Å². The van der Waals surface area contributed by atoms with E-state index in [4.69, 9.17) is 0 Å². The van der Waals surface area contributed by atoms with E-state index in [2.05, 4.69) is 17.0 Å². The smallest absolute Gasteiger partial charge is 0.242 e. The Morgan fingerprint density at radius 3 is 2.63 bits per heavy atom. The SMILES string of the molecule is CCCNc1ccccc1S(=O)(=O)NCCC1CC1. The second-order valence-corrected chi connectivity index (χ2v) is 6.79. The van der Waals surface area contributed by atoms with E-state index >= 15 is 0 Å². The van der Waals surface area contributed by atoms with Gasteiger partial charge in [0.05, 0.1) is 5.69 Å². The van der Waals surface area contributed by atoms with Crippen molar-refractivity contribution < 1.29 is 8.42 Å². The third-order valence-corrected chi connectivity index (χ3v) is 4.80. The molecule has 5 heteroatoms. The second kappa shape index (κ2) is 6.39. The lowest BCUT2D eigenvalue weighted by atomic mass is 10.3. The van der Waals surface area contributed by atoms with E-state index in [1.807, 2.05) is 12.1 Å². The molecule has 2 N–H and O–H groups in total. The quantitative estimate of drug-likeness (QED) is 0.770. The largest absolute Gasteiger partial charge is 0.384 e. The summed E-state index contributed by atoms with van der Waals surface area (Å²) in [5.74, 6) is 0.733. The monoisotopic (exact) mass is 282 g/mol. The van der Waals surface area contributed by atoms with Crippen LogP contribution in [0.2, 0.25) is 0 Å². The van der Waals surface area contributed by atoms with E-state index < -0.39 is 10.0 Å². The minimum atomic E-state index is -3.40. The minimum Gasteiger partial charge on any atom is -0.384 e. The van der Waals surface area contributed by atoms with Gasteiger partial charge < -0.3 is 5.32 Å². The molecule has 4 nitrogen and oxygen atoms in total. The molecule has 0 saturated heterocycles. The Morgan fingerprint density at radius 1 is 1.21 bits per heavy atom. The van der Waals surface area contributed by atoms with E-state index in [1.165, 1.54) is 12.8 Å². The van der Waals surface area contributed by atoms with E-state index in [-0.39, 0.29) is 0 Å². The third-order valence-electron chi connectivity index (χ3n) is 3.28. The van der Waals surface area contributed by atoms with Crippen LogP contribution in [0.3, 0.4) is 0 Å². The molecule has 0 unspecified atom stereocenters. The first-order chi connectivity index (χ1) is 9.13. The first kappa shape index (κ1) is 14.3. The number of anilines is 1. The molecule has 0 amide bonds. The maximum Gasteiger partial charge on any atom is 0.242 e. The molecule has 106 valence electrons. The number of para-hydroxylation sites is 1. The number of hydrogen-bond acceptors (Lipinski definition) is 3. The lowest BCUT2D eigenvalue weighted by Crippen LogP contribution is -2.26. The topological polar surface area (TPSA) is 58.2 Å².